The van der Waals surface area contributed by atoms with Gasteiger partial charge in [0, 0.05) is 11.7 Å². The lowest BCUT2D eigenvalue weighted by Gasteiger charge is -2.17. The third-order valence-corrected chi connectivity index (χ3v) is 5.46. The zero-order valence-electron chi connectivity index (χ0n) is 12.2. The van der Waals surface area contributed by atoms with Gasteiger partial charge in [-0.2, -0.15) is 0 Å². The molecule has 0 radical (unpaired) electrons. The van der Waals surface area contributed by atoms with Crippen molar-refractivity contribution in [3.63, 3.8) is 0 Å². The maximum absolute atomic E-state index is 12.4. The highest BCUT2D eigenvalue weighted by molar-refractivity contribution is 7.89. The van der Waals surface area contributed by atoms with E-state index in [2.05, 4.69) is 4.72 Å². The Morgan fingerprint density at radius 2 is 2.05 bits per heavy atom. The molecule has 0 aromatic heterocycles. The van der Waals surface area contributed by atoms with Gasteiger partial charge in [0.2, 0.25) is 10.0 Å². The zero-order valence-corrected chi connectivity index (χ0v) is 13.0. The normalized spacial score (nSPS) is 17.1. The van der Waals surface area contributed by atoms with Crippen molar-refractivity contribution in [3.8, 4) is 0 Å². The molecule has 1 aliphatic carbocycles. The van der Waals surface area contributed by atoms with Crippen molar-refractivity contribution < 1.29 is 8.42 Å². The molecule has 5 heteroatoms. The Kier molecular flexibility index (Phi) is 4.70. The SMILES string of the molecule is CCc1ccc(S(=O)(=O)NC(CC)CC2CC2)cc1N. The Morgan fingerprint density at radius 3 is 2.55 bits per heavy atom. The van der Waals surface area contributed by atoms with Gasteiger partial charge in [0.25, 0.3) is 0 Å². The number of nitrogens with two attached hydrogens (primary N) is 1. The number of nitrogens with one attached hydrogen (secondary N) is 1. The summed E-state index contributed by atoms with van der Waals surface area (Å²) in [7, 11) is -3.47. The van der Waals surface area contributed by atoms with Crippen LogP contribution in [0.5, 0.6) is 0 Å². The Labute approximate surface area is 121 Å². The van der Waals surface area contributed by atoms with Crippen LogP contribution in [0.15, 0.2) is 23.1 Å². The van der Waals surface area contributed by atoms with Crippen LogP contribution in [0.4, 0.5) is 5.69 Å². The van der Waals surface area contributed by atoms with Gasteiger partial charge in [-0.15, -0.1) is 0 Å². The van der Waals surface area contributed by atoms with Gasteiger partial charge in [0.1, 0.15) is 0 Å². The first-order valence-corrected chi connectivity index (χ1v) is 8.85. The first-order chi connectivity index (χ1) is 9.46. The molecule has 0 bridgehead atoms. The van der Waals surface area contributed by atoms with E-state index < -0.39 is 10.0 Å². The average Bonchev–Trinajstić information content (AvgIpc) is 3.21. The summed E-state index contributed by atoms with van der Waals surface area (Å²) >= 11 is 0. The molecular weight excluding hydrogens is 272 g/mol. The van der Waals surface area contributed by atoms with E-state index in [4.69, 9.17) is 5.73 Å². The summed E-state index contributed by atoms with van der Waals surface area (Å²) in [5.41, 5.74) is 7.42. The molecule has 0 aliphatic heterocycles. The van der Waals surface area contributed by atoms with Gasteiger partial charge < -0.3 is 5.73 Å². The molecule has 3 N–H and O–H groups in total. The molecule has 1 fully saturated rings. The average molecular weight is 296 g/mol. The third kappa shape index (κ3) is 3.73. The summed E-state index contributed by atoms with van der Waals surface area (Å²) in [5.74, 6) is 0.704. The minimum atomic E-state index is -3.47. The quantitative estimate of drug-likeness (QED) is 0.760. The second-order valence-corrected chi connectivity index (χ2v) is 7.33. The number of aryl methyl sites for hydroxylation is 1. The summed E-state index contributed by atoms with van der Waals surface area (Å²) in [6.45, 7) is 4.02. The van der Waals surface area contributed by atoms with E-state index in [1.807, 2.05) is 13.8 Å². The van der Waals surface area contributed by atoms with Gasteiger partial charge in [0.05, 0.1) is 4.90 Å². The van der Waals surface area contributed by atoms with Crippen LogP contribution in [0, 0.1) is 5.92 Å². The highest BCUT2D eigenvalue weighted by atomic mass is 32.2. The summed E-state index contributed by atoms with van der Waals surface area (Å²) in [5, 5.41) is 0. The van der Waals surface area contributed by atoms with E-state index in [-0.39, 0.29) is 10.9 Å². The van der Waals surface area contributed by atoms with Crippen LogP contribution in [-0.2, 0) is 16.4 Å². The highest BCUT2D eigenvalue weighted by Gasteiger charge is 2.27. The number of sulfonamides is 1. The minimum absolute atomic E-state index is 0.0274. The van der Waals surface area contributed by atoms with Crippen LogP contribution < -0.4 is 10.5 Å². The van der Waals surface area contributed by atoms with Crippen molar-refractivity contribution in [3.05, 3.63) is 23.8 Å². The van der Waals surface area contributed by atoms with Gasteiger partial charge >= 0.3 is 0 Å². The van der Waals surface area contributed by atoms with Crippen molar-refractivity contribution in [2.75, 3.05) is 5.73 Å². The van der Waals surface area contributed by atoms with Crippen LogP contribution in [-0.4, -0.2) is 14.5 Å². The van der Waals surface area contributed by atoms with E-state index in [0.29, 0.717) is 11.6 Å². The van der Waals surface area contributed by atoms with Crippen LogP contribution in [0.1, 0.15) is 45.1 Å². The monoisotopic (exact) mass is 296 g/mol. The fourth-order valence-electron chi connectivity index (χ4n) is 2.40. The molecule has 1 aromatic carbocycles. The van der Waals surface area contributed by atoms with E-state index in [0.717, 1.165) is 24.8 Å². The second-order valence-electron chi connectivity index (χ2n) is 5.62. The molecular formula is C15H24N2O2S. The van der Waals surface area contributed by atoms with E-state index in [1.165, 1.54) is 12.8 Å². The first kappa shape index (κ1) is 15.3. The predicted octanol–water partition coefficient (Wildman–Crippen LogP) is 2.69. The summed E-state index contributed by atoms with van der Waals surface area (Å²) in [6, 6.07) is 5.03. The third-order valence-electron chi connectivity index (χ3n) is 3.94. The number of nitrogen functional groups attached to an aromatic ring is 1. The van der Waals surface area contributed by atoms with Gasteiger partial charge in [-0.1, -0.05) is 32.8 Å². The molecule has 1 atom stereocenters. The molecule has 0 spiro atoms. The lowest BCUT2D eigenvalue weighted by Crippen LogP contribution is -2.34. The highest BCUT2D eigenvalue weighted by Crippen LogP contribution is 2.34. The Bertz CT molecular complexity index is 565. The molecule has 0 amide bonds. The molecule has 1 aliphatic rings. The summed E-state index contributed by atoms with van der Waals surface area (Å²) in [6.07, 6.45) is 5.03. The maximum Gasteiger partial charge on any atom is 0.240 e. The van der Waals surface area contributed by atoms with Crippen LogP contribution in [0.25, 0.3) is 0 Å². The van der Waals surface area contributed by atoms with Crippen LogP contribution in [0.3, 0.4) is 0 Å². The molecule has 112 valence electrons. The number of hydrogen-bond acceptors (Lipinski definition) is 3. The van der Waals surface area contributed by atoms with E-state index in [9.17, 15) is 8.42 Å². The van der Waals surface area contributed by atoms with E-state index >= 15 is 0 Å². The summed E-state index contributed by atoms with van der Waals surface area (Å²) in [4.78, 5) is 0.265. The maximum atomic E-state index is 12.4. The second kappa shape index (κ2) is 6.14. The minimum Gasteiger partial charge on any atom is -0.398 e. The molecule has 2 rings (SSSR count). The van der Waals surface area contributed by atoms with Gasteiger partial charge in [0.15, 0.2) is 0 Å². The number of anilines is 1. The molecule has 1 aromatic rings. The Balaban J connectivity index is 2.13. The number of rotatable bonds is 7. The fraction of sp³-hybridized carbons (Fsp3) is 0.600. The summed E-state index contributed by atoms with van der Waals surface area (Å²) < 4.78 is 27.6. The topological polar surface area (TPSA) is 72.2 Å². The Morgan fingerprint density at radius 1 is 1.35 bits per heavy atom. The Hall–Kier alpha value is -1.07. The standard InChI is InChI=1S/C15H24N2O2S/c1-3-12-7-8-14(10-15(12)16)20(18,19)17-13(4-2)9-11-5-6-11/h7-8,10-11,13,17H,3-6,9,16H2,1-2H3. The van der Waals surface area contributed by atoms with Gasteiger partial charge in [-0.3, -0.25) is 0 Å². The molecule has 0 saturated heterocycles. The molecule has 4 nitrogen and oxygen atoms in total. The number of hydrogen-bond donors (Lipinski definition) is 2. The van der Waals surface area contributed by atoms with E-state index in [1.54, 1.807) is 18.2 Å². The van der Waals surface area contributed by atoms with Crippen molar-refractivity contribution in [2.45, 2.75) is 56.9 Å². The smallest absolute Gasteiger partial charge is 0.240 e. The van der Waals surface area contributed by atoms with Crippen molar-refractivity contribution >= 4 is 15.7 Å². The van der Waals surface area contributed by atoms with Gasteiger partial charge in [-0.05, 0) is 42.9 Å². The lowest BCUT2D eigenvalue weighted by atomic mass is 10.1. The predicted molar refractivity (Wildman–Crippen MR) is 82.0 cm³/mol. The first-order valence-electron chi connectivity index (χ1n) is 7.37. The van der Waals surface area contributed by atoms with Crippen LogP contribution in [0.2, 0.25) is 0 Å². The van der Waals surface area contributed by atoms with Crippen LogP contribution >= 0.6 is 0 Å². The zero-order chi connectivity index (χ0) is 14.8. The molecule has 1 unspecified atom stereocenters. The van der Waals surface area contributed by atoms with Crippen molar-refractivity contribution in [2.24, 2.45) is 5.92 Å². The van der Waals surface area contributed by atoms with Crippen molar-refractivity contribution in [1.29, 1.82) is 0 Å². The molecule has 1 saturated carbocycles. The van der Waals surface area contributed by atoms with Gasteiger partial charge in [-0.25, -0.2) is 13.1 Å². The largest absolute Gasteiger partial charge is 0.398 e. The number of benzene rings is 1. The van der Waals surface area contributed by atoms with Crippen molar-refractivity contribution in [1.82, 2.24) is 4.72 Å². The lowest BCUT2D eigenvalue weighted by molar-refractivity contribution is 0.495. The molecule has 20 heavy (non-hydrogen) atoms. The molecule has 0 heterocycles. The fourth-order valence-corrected chi connectivity index (χ4v) is 3.77.